The number of rotatable bonds is 1. The predicted octanol–water partition coefficient (Wildman–Crippen LogP) is 2.41. The molecular formula is C16H28N2O. The molecular weight excluding hydrogens is 236 g/mol. The summed E-state index contributed by atoms with van der Waals surface area (Å²) in [7, 11) is 0. The molecule has 2 aliphatic heterocycles. The molecule has 0 aromatic carbocycles. The van der Waals surface area contributed by atoms with Gasteiger partial charge in [0.05, 0.1) is 5.92 Å². The van der Waals surface area contributed by atoms with Crippen molar-refractivity contribution in [3.8, 4) is 0 Å². The fraction of sp³-hybridized carbons (Fsp3) is 0.938. The smallest absolute Gasteiger partial charge is 0.227 e. The molecule has 1 N–H and O–H groups in total. The van der Waals surface area contributed by atoms with E-state index in [0.29, 0.717) is 22.8 Å². The van der Waals surface area contributed by atoms with Crippen molar-refractivity contribution in [3.05, 3.63) is 0 Å². The van der Waals surface area contributed by atoms with Gasteiger partial charge in [-0.2, -0.15) is 0 Å². The highest BCUT2D eigenvalue weighted by Gasteiger charge is 2.51. The van der Waals surface area contributed by atoms with Crippen LogP contribution in [0, 0.1) is 16.7 Å². The molecule has 3 heteroatoms. The van der Waals surface area contributed by atoms with Crippen LogP contribution in [0.15, 0.2) is 0 Å². The zero-order chi connectivity index (χ0) is 13.7. The van der Waals surface area contributed by atoms with E-state index in [1.807, 2.05) is 0 Å². The lowest BCUT2D eigenvalue weighted by Gasteiger charge is -2.39. The third-order valence-corrected chi connectivity index (χ3v) is 5.34. The summed E-state index contributed by atoms with van der Waals surface area (Å²) < 4.78 is 0. The highest BCUT2D eigenvalue weighted by atomic mass is 16.2. The number of amides is 1. The van der Waals surface area contributed by atoms with Crippen LogP contribution >= 0.6 is 0 Å². The van der Waals surface area contributed by atoms with Gasteiger partial charge in [0, 0.05) is 19.1 Å². The molecule has 0 aromatic heterocycles. The van der Waals surface area contributed by atoms with Crippen molar-refractivity contribution < 1.29 is 4.79 Å². The molecule has 1 aliphatic carbocycles. The van der Waals surface area contributed by atoms with Gasteiger partial charge in [-0.3, -0.25) is 4.79 Å². The number of hydrogen-bond acceptors (Lipinski definition) is 2. The lowest BCUT2D eigenvalue weighted by atomic mass is 9.65. The fourth-order valence-electron chi connectivity index (χ4n) is 5.01. The SMILES string of the molecule is CC1(C)CC2CC(C)(CN2C(=O)[C@H]2CCCNC2)C1. The van der Waals surface area contributed by atoms with E-state index < -0.39 is 0 Å². The van der Waals surface area contributed by atoms with Crippen molar-refractivity contribution in [1.82, 2.24) is 10.2 Å². The Labute approximate surface area is 117 Å². The van der Waals surface area contributed by atoms with E-state index >= 15 is 0 Å². The monoisotopic (exact) mass is 264 g/mol. The van der Waals surface area contributed by atoms with E-state index in [1.54, 1.807) is 0 Å². The summed E-state index contributed by atoms with van der Waals surface area (Å²) in [6.45, 7) is 10.1. The number of piperidine rings is 1. The number of nitrogens with zero attached hydrogens (tertiary/aromatic N) is 1. The van der Waals surface area contributed by atoms with Crippen molar-refractivity contribution in [1.29, 1.82) is 0 Å². The van der Waals surface area contributed by atoms with Crippen LogP contribution in [0.4, 0.5) is 0 Å². The predicted molar refractivity (Wildman–Crippen MR) is 76.8 cm³/mol. The minimum atomic E-state index is 0.236. The molecule has 2 unspecified atom stereocenters. The molecule has 3 fully saturated rings. The second-order valence-electron chi connectivity index (χ2n) is 8.22. The summed E-state index contributed by atoms with van der Waals surface area (Å²) in [4.78, 5) is 15.0. The summed E-state index contributed by atoms with van der Waals surface area (Å²) in [5.41, 5.74) is 0.766. The fourth-order valence-corrected chi connectivity index (χ4v) is 5.01. The molecule has 0 radical (unpaired) electrons. The molecule has 0 aromatic rings. The second-order valence-corrected chi connectivity index (χ2v) is 8.22. The molecule has 3 rings (SSSR count). The molecule has 108 valence electrons. The zero-order valence-corrected chi connectivity index (χ0v) is 12.7. The number of carbonyl (C=O) groups excluding carboxylic acids is 1. The summed E-state index contributed by atoms with van der Waals surface area (Å²) in [6, 6.07) is 0.503. The number of likely N-dealkylation sites (tertiary alicyclic amines) is 1. The molecule has 3 aliphatic rings. The first-order chi connectivity index (χ1) is 8.89. The van der Waals surface area contributed by atoms with Gasteiger partial charge in [0.25, 0.3) is 0 Å². The number of fused-ring (bicyclic) bond motifs is 2. The summed E-state index contributed by atoms with van der Waals surface area (Å²) in [6.07, 6.45) is 5.91. The Balaban J connectivity index is 1.74. The van der Waals surface area contributed by atoms with E-state index in [0.717, 1.165) is 32.5 Å². The lowest BCUT2D eigenvalue weighted by molar-refractivity contribution is -0.137. The van der Waals surface area contributed by atoms with Gasteiger partial charge in [0.15, 0.2) is 0 Å². The van der Waals surface area contributed by atoms with Crippen molar-refractivity contribution in [2.24, 2.45) is 16.7 Å². The van der Waals surface area contributed by atoms with Crippen LogP contribution in [0.3, 0.4) is 0 Å². The van der Waals surface area contributed by atoms with E-state index in [2.05, 4.69) is 31.0 Å². The van der Waals surface area contributed by atoms with Gasteiger partial charge in [0.2, 0.25) is 5.91 Å². The van der Waals surface area contributed by atoms with Gasteiger partial charge in [-0.05, 0) is 49.5 Å². The zero-order valence-electron chi connectivity index (χ0n) is 12.7. The molecule has 3 atom stereocenters. The first-order valence-electron chi connectivity index (χ1n) is 7.90. The van der Waals surface area contributed by atoms with Crippen LogP contribution in [0.1, 0.15) is 52.9 Å². The van der Waals surface area contributed by atoms with Crippen LogP contribution in [0.2, 0.25) is 0 Å². The maximum absolute atomic E-state index is 12.8. The van der Waals surface area contributed by atoms with Crippen LogP contribution in [0.5, 0.6) is 0 Å². The Kier molecular flexibility index (Phi) is 3.16. The second kappa shape index (κ2) is 4.47. The van der Waals surface area contributed by atoms with E-state index in [9.17, 15) is 4.79 Å². The number of hydrogen-bond donors (Lipinski definition) is 1. The highest BCUT2D eigenvalue weighted by molar-refractivity contribution is 5.80. The topological polar surface area (TPSA) is 32.3 Å². The lowest BCUT2D eigenvalue weighted by Crippen LogP contribution is -2.45. The van der Waals surface area contributed by atoms with Gasteiger partial charge in [-0.1, -0.05) is 20.8 Å². The van der Waals surface area contributed by atoms with Crippen molar-refractivity contribution in [3.63, 3.8) is 0 Å². The summed E-state index contributed by atoms with van der Waals surface area (Å²) >= 11 is 0. The van der Waals surface area contributed by atoms with Gasteiger partial charge in [-0.25, -0.2) is 0 Å². The number of carbonyl (C=O) groups is 1. The minimum absolute atomic E-state index is 0.236. The Morgan fingerprint density at radius 1 is 1.26 bits per heavy atom. The molecule has 2 heterocycles. The van der Waals surface area contributed by atoms with Gasteiger partial charge < -0.3 is 10.2 Å². The van der Waals surface area contributed by atoms with E-state index in [4.69, 9.17) is 0 Å². The average Bonchev–Trinajstić information content (AvgIpc) is 2.59. The van der Waals surface area contributed by atoms with Crippen molar-refractivity contribution >= 4 is 5.91 Å². The van der Waals surface area contributed by atoms with Gasteiger partial charge in [0.1, 0.15) is 0 Å². The highest BCUT2D eigenvalue weighted by Crippen LogP contribution is 2.52. The van der Waals surface area contributed by atoms with Gasteiger partial charge >= 0.3 is 0 Å². The molecule has 2 bridgehead atoms. The Bertz CT molecular complexity index is 373. The maximum Gasteiger partial charge on any atom is 0.227 e. The first-order valence-corrected chi connectivity index (χ1v) is 7.90. The Hall–Kier alpha value is -0.570. The molecule has 1 saturated carbocycles. The van der Waals surface area contributed by atoms with Gasteiger partial charge in [-0.15, -0.1) is 0 Å². The largest absolute Gasteiger partial charge is 0.339 e. The standard InChI is InChI=1S/C16H28N2O/c1-15(2)7-13-8-16(3,10-15)11-18(13)14(19)12-5-4-6-17-9-12/h12-13,17H,4-11H2,1-3H3/t12-,13?,16?/m0/s1. The summed E-state index contributed by atoms with van der Waals surface area (Å²) in [5, 5.41) is 3.38. The van der Waals surface area contributed by atoms with Crippen LogP contribution in [-0.4, -0.2) is 36.5 Å². The third-order valence-electron chi connectivity index (χ3n) is 5.34. The van der Waals surface area contributed by atoms with E-state index in [1.165, 1.54) is 19.3 Å². The normalized spacial score (nSPS) is 41.3. The molecule has 2 saturated heterocycles. The minimum Gasteiger partial charge on any atom is -0.339 e. The van der Waals surface area contributed by atoms with Crippen LogP contribution in [-0.2, 0) is 4.79 Å². The average molecular weight is 264 g/mol. The van der Waals surface area contributed by atoms with E-state index in [-0.39, 0.29) is 5.92 Å². The summed E-state index contributed by atoms with van der Waals surface area (Å²) in [5.74, 6) is 0.665. The molecule has 1 amide bonds. The quantitative estimate of drug-likeness (QED) is 0.789. The maximum atomic E-state index is 12.8. The molecule has 0 spiro atoms. The number of nitrogens with one attached hydrogen (secondary N) is 1. The third kappa shape index (κ3) is 2.54. The Morgan fingerprint density at radius 2 is 2.05 bits per heavy atom. The molecule has 19 heavy (non-hydrogen) atoms. The van der Waals surface area contributed by atoms with Crippen molar-refractivity contribution in [2.45, 2.75) is 58.9 Å². The first kappa shape index (κ1) is 13.4. The van der Waals surface area contributed by atoms with Crippen LogP contribution < -0.4 is 5.32 Å². The molecule has 3 nitrogen and oxygen atoms in total. The Morgan fingerprint density at radius 3 is 2.74 bits per heavy atom. The van der Waals surface area contributed by atoms with Crippen molar-refractivity contribution in [2.75, 3.05) is 19.6 Å². The van der Waals surface area contributed by atoms with Crippen LogP contribution in [0.25, 0.3) is 0 Å².